The van der Waals surface area contributed by atoms with E-state index in [1.807, 2.05) is 0 Å². The Morgan fingerprint density at radius 3 is 2.38 bits per heavy atom. The van der Waals surface area contributed by atoms with Gasteiger partial charge >= 0.3 is 12.0 Å². The summed E-state index contributed by atoms with van der Waals surface area (Å²) in [6.07, 6.45) is 7.44. The summed E-state index contributed by atoms with van der Waals surface area (Å²) >= 11 is 12.0. The molecule has 0 bridgehead atoms. The molecule has 3 rings (SSSR count). The third-order valence-electron chi connectivity index (χ3n) is 5.98. The van der Waals surface area contributed by atoms with E-state index < -0.39 is 23.9 Å². The van der Waals surface area contributed by atoms with Crippen molar-refractivity contribution in [2.75, 3.05) is 13.1 Å². The van der Waals surface area contributed by atoms with Gasteiger partial charge in [-0.2, -0.15) is 0 Å². The number of aliphatic carboxylic acids is 1. The quantitative estimate of drug-likeness (QED) is 0.519. The van der Waals surface area contributed by atoms with Gasteiger partial charge in [-0.05, 0) is 42.7 Å². The molecule has 0 aliphatic heterocycles. The lowest BCUT2D eigenvalue weighted by Gasteiger charge is -2.22. The van der Waals surface area contributed by atoms with Crippen LogP contribution in [0.2, 0.25) is 10.0 Å². The minimum absolute atomic E-state index is 0.00181. The van der Waals surface area contributed by atoms with Gasteiger partial charge in [0.25, 0.3) is 5.91 Å². The molecule has 3 amide bonds. The van der Waals surface area contributed by atoms with Crippen LogP contribution in [0.4, 0.5) is 4.79 Å². The van der Waals surface area contributed by atoms with Crippen LogP contribution in [0, 0.1) is 11.3 Å². The first-order chi connectivity index (χ1) is 13.8. The SMILES string of the molecule is O=C(NCC1CC12CCCCC2)NC[C@H](NC(=O)c1c(Cl)cccc1Cl)C(=O)O. The zero-order valence-electron chi connectivity index (χ0n) is 16.0. The molecule has 2 aliphatic carbocycles. The van der Waals surface area contributed by atoms with Crippen LogP contribution < -0.4 is 16.0 Å². The Morgan fingerprint density at radius 1 is 1.10 bits per heavy atom. The van der Waals surface area contributed by atoms with Crippen LogP contribution in [-0.2, 0) is 4.79 Å². The van der Waals surface area contributed by atoms with Gasteiger partial charge in [-0.15, -0.1) is 0 Å². The number of benzene rings is 1. The molecule has 0 saturated heterocycles. The smallest absolute Gasteiger partial charge is 0.328 e. The van der Waals surface area contributed by atoms with Crippen molar-refractivity contribution in [2.45, 2.75) is 44.6 Å². The van der Waals surface area contributed by atoms with Crippen molar-refractivity contribution in [2.24, 2.45) is 11.3 Å². The van der Waals surface area contributed by atoms with E-state index in [-0.39, 0.29) is 22.2 Å². The van der Waals surface area contributed by atoms with E-state index in [0.29, 0.717) is 17.9 Å². The average molecular weight is 442 g/mol. The topological polar surface area (TPSA) is 108 Å². The lowest BCUT2D eigenvalue weighted by atomic mass is 9.84. The summed E-state index contributed by atoms with van der Waals surface area (Å²) in [6.45, 7) is 0.329. The van der Waals surface area contributed by atoms with Gasteiger partial charge in [-0.25, -0.2) is 9.59 Å². The Hall–Kier alpha value is -1.99. The first-order valence-corrected chi connectivity index (χ1v) is 10.6. The largest absolute Gasteiger partial charge is 0.480 e. The van der Waals surface area contributed by atoms with Gasteiger partial charge in [0.15, 0.2) is 0 Å². The fourth-order valence-corrected chi connectivity index (χ4v) is 4.78. The van der Waals surface area contributed by atoms with Crippen molar-refractivity contribution in [1.29, 1.82) is 0 Å². The molecule has 0 heterocycles. The minimum Gasteiger partial charge on any atom is -0.480 e. The second kappa shape index (κ2) is 9.22. The van der Waals surface area contributed by atoms with E-state index >= 15 is 0 Å². The third-order valence-corrected chi connectivity index (χ3v) is 6.61. The highest BCUT2D eigenvalue weighted by atomic mass is 35.5. The van der Waals surface area contributed by atoms with E-state index in [0.717, 1.165) is 6.42 Å². The van der Waals surface area contributed by atoms with Crippen molar-refractivity contribution in [3.8, 4) is 0 Å². The van der Waals surface area contributed by atoms with Crippen LogP contribution in [0.5, 0.6) is 0 Å². The Labute approximate surface area is 179 Å². The zero-order chi connectivity index (χ0) is 21.0. The molecule has 158 valence electrons. The van der Waals surface area contributed by atoms with Gasteiger partial charge in [0.05, 0.1) is 22.2 Å². The van der Waals surface area contributed by atoms with Gasteiger partial charge in [-0.1, -0.05) is 48.5 Å². The number of hydrogen-bond acceptors (Lipinski definition) is 3. The highest BCUT2D eigenvalue weighted by molar-refractivity contribution is 6.39. The van der Waals surface area contributed by atoms with Gasteiger partial charge in [-0.3, -0.25) is 4.79 Å². The average Bonchev–Trinajstić information content (AvgIpc) is 3.34. The van der Waals surface area contributed by atoms with Crippen LogP contribution in [0.25, 0.3) is 0 Å². The molecule has 2 aliphatic rings. The second-order valence-electron chi connectivity index (χ2n) is 7.88. The molecule has 0 radical (unpaired) electrons. The first kappa shape index (κ1) is 21.7. The summed E-state index contributed by atoms with van der Waals surface area (Å²) in [5.74, 6) is -1.48. The molecular formula is C20H25Cl2N3O4. The highest BCUT2D eigenvalue weighted by Gasteiger charge is 2.53. The molecule has 1 aromatic rings. The molecule has 1 spiro atoms. The molecular weight excluding hydrogens is 417 g/mol. The van der Waals surface area contributed by atoms with Crippen molar-refractivity contribution in [1.82, 2.24) is 16.0 Å². The monoisotopic (exact) mass is 441 g/mol. The molecule has 2 atom stereocenters. The molecule has 9 heteroatoms. The first-order valence-electron chi connectivity index (χ1n) is 9.82. The molecule has 29 heavy (non-hydrogen) atoms. The summed E-state index contributed by atoms with van der Waals surface area (Å²) in [5.41, 5.74) is 0.412. The van der Waals surface area contributed by atoms with Gasteiger partial charge < -0.3 is 21.1 Å². The Kier molecular flexibility index (Phi) is 6.90. The number of amides is 3. The summed E-state index contributed by atoms with van der Waals surface area (Å²) in [6, 6.07) is 2.80. The van der Waals surface area contributed by atoms with Crippen LogP contribution in [0.15, 0.2) is 18.2 Å². The van der Waals surface area contributed by atoms with Crippen molar-refractivity contribution < 1.29 is 19.5 Å². The van der Waals surface area contributed by atoms with Crippen molar-refractivity contribution in [3.63, 3.8) is 0 Å². The normalized spacial score (nSPS) is 20.6. The molecule has 7 nitrogen and oxygen atoms in total. The molecule has 1 unspecified atom stereocenters. The summed E-state index contributed by atoms with van der Waals surface area (Å²) < 4.78 is 0. The van der Waals surface area contributed by atoms with Crippen LogP contribution >= 0.6 is 23.2 Å². The number of halogens is 2. The number of hydrogen-bond donors (Lipinski definition) is 4. The maximum Gasteiger partial charge on any atom is 0.328 e. The molecule has 1 aromatic carbocycles. The summed E-state index contributed by atoms with van der Waals surface area (Å²) in [7, 11) is 0. The summed E-state index contributed by atoms with van der Waals surface area (Å²) in [5, 5.41) is 17.3. The van der Waals surface area contributed by atoms with Crippen molar-refractivity contribution >= 4 is 41.1 Å². The number of rotatable bonds is 7. The molecule has 0 aromatic heterocycles. The van der Waals surface area contributed by atoms with Crippen LogP contribution in [0.3, 0.4) is 0 Å². The second-order valence-corrected chi connectivity index (χ2v) is 8.69. The third kappa shape index (κ3) is 5.34. The van der Waals surface area contributed by atoms with Gasteiger partial charge in [0.1, 0.15) is 6.04 Å². The Morgan fingerprint density at radius 2 is 1.76 bits per heavy atom. The molecule has 4 N–H and O–H groups in total. The fraction of sp³-hybridized carbons (Fsp3) is 0.550. The van der Waals surface area contributed by atoms with Crippen LogP contribution in [-0.4, -0.2) is 42.1 Å². The van der Waals surface area contributed by atoms with E-state index in [1.165, 1.54) is 44.2 Å². The minimum atomic E-state index is -1.31. The van der Waals surface area contributed by atoms with Crippen LogP contribution in [0.1, 0.15) is 48.9 Å². The number of urea groups is 1. The van der Waals surface area contributed by atoms with E-state index in [2.05, 4.69) is 16.0 Å². The predicted octanol–water partition coefficient (Wildman–Crippen LogP) is 3.45. The van der Waals surface area contributed by atoms with E-state index in [4.69, 9.17) is 23.2 Å². The number of nitrogens with one attached hydrogen (secondary N) is 3. The lowest BCUT2D eigenvalue weighted by molar-refractivity contribution is -0.139. The number of carbonyl (C=O) groups excluding carboxylic acids is 2. The Balaban J connectivity index is 1.46. The summed E-state index contributed by atoms with van der Waals surface area (Å²) in [4.78, 5) is 35.9. The predicted molar refractivity (Wildman–Crippen MR) is 110 cm³/mol. The van der Waals surface area contributed by atoms with Gasteiger partial charge in [0.2, 0.25) is 0 Å². The highest BCUT2D eigenvalue weighted by Crippen LogP contribution is 2.60. The number of carboxylic acids is 1. The van der Waals surface area contributed by atoms with Gasteiger partial charge in [0, 0.05) is 6.54 Å². The lowest BCUT2D eigenvalue weighted by Crippen LogP contribution is -2.50. The fourth-order valence-electron chi connectivity index (χ4n) is 4.21. The zero-order valence-corrected chi connectivity index (χ0v) is 17.5. The molecule has 2 fully saturated rings. The Bertz CT molecular complexity index is 776. The van der Waals surface area contributed by atoms with Crippen molar-refractivity contribution in [3.05, 3.63) is 33.8 Å². The number of carboxylic acid groups (broad SMARTS) is 1. The molecule has 2 saturated carbocycles. The maximum atomic E-state index is 12.4. The number of carbonyl (C=O) groups is 3. The standard InChI is InChI=1S/C20H25Cl2N3O4/c21-13-5-4-6-14(22)16(13)17(26)25-15(18(27)28)11-24-19(29)23-10-12-9-20(12)7-2-1-3-8-20/h4-6,12,15H,1-3,7-11H2,(H,25,26)(H,27,28)(H2,23,24,29)/t12?,15-/m0/s1. The van der Waals surface area contributed by atoms with E-state index in [1.54, 1.807) is 6.07 Å². The van der Waals surface area contributed by atoms with E-state index in [9.17, 15) is 19.5 Å². The maximum absolute atomic E-state index is 12.4.